The lowest BCUT2D eigenvalue weighted by Gasteiger charge is -2.27. The van der Waals surface area contributed by atoms with E-state index in [1.165, 1.54) is 23.3 Å². The van der Waals surface area contributed by atoms with Gasteiger partial charge in [0.1, 0.15) is 11.5 Å². The standard InChI is InChI=1S/C26H26N2O5S/c1-14(2)33-20-11-6-8-17(12-20)22-21(23(29)25-15(3)27-16(4)34-25)24(30)26(31)28(22)18-9-7-10-19(13-18)32-5/h6-14,22,30H,1-5H3. The summed E-state index contributed by atoms with van der Waals surface area (Å²) >= 11 is 1.24. The molecule has 1 amide bonds. The maximum absolute atomic E-state index is 13.7. The lowest BCUT2D eigenvalue weighted by atomic mass is 9.94. The number of thiazole rings is 1. The molecule has 0 aliphatic carbocycles. The van der Waals surface area contributed by atoms with Crippen molar-refractivity contribution in [3.63, 3.8) is 0 Å². The summed E-state index contributed by atoms with van der Waals surface area (Å²) in [5.41, 5.74) is 1.72. The van der Waals surface area contributed by atoms with Crippen LogP contribution in [0.4, 0.5) is 5.69 Å². The summed E-state index contributed by atoms with van der Waals surface area (Å²) in [6, 6.07) is 13.3. The number of methoxy groups -OCH3 is 1. The number of aromatic nitrogens is 1. The van der Waals surface area contributed by atoms with Gasteiger partial charge in [-0.2, -0.15) is 0 Å². The maximum Gasteiger partial charge on any atom is 0.294 e. The van der Waals surface area contributed by atoms with E-state index in [9.17, 15) is 14.7 Å². The van der Waals surface area contributed by atoms with Crippen molar-refractivity contribution in [1.29, 1.82) is 0 Å². The van der Waals surface area contributed by atoms with E-state index in [4.69, 9.17) is 9.47 Å². The number of benzene rings is 2. The van der Waals surface area contributed by atoms with Crippen LogP contribution in [-0.4, -0.2) is 35.0 Å². The molecular formula is C26H26N2O5S. The fourth-order valence-corrected chi connectivity index (χ4v) is 4.95. The predicted octanol–water partition coefficient (Wildman–Crippen LogP) is 5.34. The molecule has 1 aliphatic rings. The molecule has 2 heterocycles. The smallest absolute Gasteiger partial charge is 0.294 e. The van der Waals surface area contributed by atoms with E-state index >= 15 is 0 Å². The van der Waals surface area contributed by atoms with Crippen LogP contribution in [0.1, 0.15) is 45.8 Å². The topological polar surface area (TPSA) is 89.0 Å². The number of hydrogen-bond acceptors (Lipinski definition) is 7. The Morgan fingerprint density at radius 1 is 1.12 bits per heavy atom. The molecule has 1 atom stereocenters. The Kier molecular flexibility index (Phi) is 6.43. The van der Waals surface area contributed by atoms with E-state index in [0.717, 1.165) is 5.01 Å². The second-order valence-electron chi connectivity index (χ2n) is 8.26. The summed E-state index contributed by atoms with van der Waals surface area (Å²) in [7, 11) is 1.54. The van der Waals surface area contributed by atoms with Gasteiger partial charge >= 0.3 is 0 Å². The molecule has 34 heavy (non-hydrogen) atoms. The Bertz CT molecular complexity index is 1290. The van der Waals surface area contributed by atoms with E-state index in [1.54, 1.807) is 43.3 Å². The molecule has 1 aliphatic heterocycles. The molecule has 176 valence electrons. The van der Waals surface area contributed by atoms with Crippen molar-refractivity contribution < 1.29 is 24.2 Å². The summed E-state index contributed by atoms with van der Waals surface area (Å²) in [5.74, 6) is -0.490. The van der Waals surface area contributed by atoms with Crippen LogP contribution >= 0.6 is 11.3 Å². The number of rotatable bonds is 7. The van der Waals surface area contributed by atoms with Crippen LogP contribution in [-0.2, 0) is 4.79 Å². The maximum atomic E-state index is 13.7. The third-order valence-corrected chi connectivity index (χ3v) is 6.51. The highest BCUT2D eigenvalue weighted by molar-refractivity contribution is 7.14. The number of carbonyl (C=O) groups excluding carboxylic acids is 2. The van der Waals surface area contributed by atoms with Crippen LogP contribution in [0.3, 0.4) is 0 Å². The fraction of sp³-hybridized carbons (Fsp3) is 0.269. The number of ether oxygens (including phenoxy) is 2. The number of nitrogens with zero attached hydrogens (tertiary/aromatic N) is 2. The van der Waals surface area contributed by atoms with Crippen LogP contribution in [0.5, 0.6) is 11.5 Å². The van der Waals surface area contributed by atoms with Crippen molar-refractivity contribution in [3.8, 4) is 11.5 Å². The lowest BCUT2D eigenvalue weighted by molar-refractivity contribution is -0.117. The zero-order valence-corrected chi connectivity index (χ0v) is 20.5. The van der Waals surface area contributed by atoms with E-state index in [-0.39, 0.29) is 11.7 Å². The van der Waals surface area contributed by atoms with Crippen molar-refractivity contribution in [3.05, 3.63) is 81.0 Å². The minimum atomic E-state index is -0.857. The molecule has 7 nitrogen and oxygen atoms in total. The Hall–Kier alpha value is -3.65. The highest BCUT2D eigenvalue weighted by Crippen LogP contribution is 2.44. The van der Waals surface area contributed by atoms with Crippen LogP contribution in [0, 0.1) is 13.8 Å². The SMILES string of the molecule is COc1cccc(N2C(=O)C(O)=C(C(=O)c3sc(C)nc3C)C2c2cccc(OC(C)C)c2)c1. The molecule has 0 bridgehead atoms. The summed E-state index contributed by atoms with van der Waals surface area (Å²) in [6.07, 6.45) is -0.0530. The molecule has 0 radical (unpaired) electrons. The first-order chi connectivity index (χ1) is 16.2. The number of aryl methyl sites for hydroxylation is 2. The number of aliphatic hydroxyl groups excluding tert-OH is 1. The molecule has 1 aromatic heterocycles. The minimum Gasteiger partial charge on any atom is -0.503 e. The summed E-state index contributed by atoms with van der Waals surface area (Å²) in [6.45, 7) is 7.40. The van der Waals surface area contributed by atoms with Gasteiger partial charge in [-0.05, 0) is 57.5 Å². The Morgan fingerprint density at radius 2 is 1.82 bits per heavy atom. The molecular weight excluding hydrogens is 452 g/mol. The van der Waals surface area contributed by atoms with E-state index in [2.05, 4.69) is 4.98 Å². The average molecular weight is 479 g/mol. The highest BCUT2D eigenvalue weighted by Gasteiger charge is 2.45. The van der Waals surface area contributed by atoms with Gasteiger partial charge in [-0.15, -0.1) is 11.3 Å². The van der Waals surface area contributed by atoms with Gasteiger partial charge in [0.25, 0.3) is 5.91 Å². The molecule has 0 spiro atoms. The number of carbonyl (C=O) groups is 2. The van der Waals surface area contributed by atoms with E-state index in [1.807, 2.05) is 32.9 Å². The van der Waals surface area contributed by atoms with Gasteiger partial charge in [0.2, 0.25) is 5.78 Å². The number of anilines is 1. The van der Waals surface area contributed by atoms with E-state index in [0.29, 0.717) is 33.3 Å². The number of aliphatic hydroxyl groups is 1. The second-order valence-corrected chi connectivity index (χ2v) is 9.46. The summed E-state index contributed by atoms with van der Waals surface area (Å²) in [4.78, 5) is 33.2. The highest BCUT2D eigenvalue weighted by atomic mass is 32.1. The molecule has 0 fully saturated rings. The monoisotopic (exact) mass is 478 g/mol. The van der Waals surface area contributed by atoms with Gasteiger partial charge in [0.05, 0.1) is 40.4 Å². The lowest BCUT2D eigenvalue weighted by Crippen LogP contribution is -2.31. The third kappa shape index (κ3) is 4.28. The molecule has 8 heteroatoms. The minimum absolute atomic E-state index is 0.0151. The fourth-order valence-electron chi connectivity index (χ4n) is 4.07. The zero-order valence-electron chi connectivity index (χ0n) is 19.7. The molecule has 0 saturated carbocycles. The van der Waals surface area contributed by atoms with E-state index < -0.39 is 23.5 Å². The number of amides is 1. The van der Waals surface area contributed by atoms with Gasteiger partial charge in [-0.25, -0.2) is 4.98 Å². The Labute approximate surface area is 202 Å². The first-order valence-electron chi connectivity index (χ1n) is 10.9. The Balaban J connectivity index is 1.89. The molecule has 0 saturated heterocycles. The quantitative estimate of drug-likeness (QED) is 0.461. The van der Waals surface area contributed by atoms with Gasteiger partial charge in [-0.1, -0.05) is 18.2 Å². The van der Waals surface area contributed by atoms with Crippen molar-refractivity contribution in [2.75, 3.05) is 12.0 Å². The first-order valence-corrected chi connectivity index (χ1v) is 11.7. The third-order valence-electron chi connectivity index (χ3n) is 5.44. The molecule has 4 rings (SSSR count). The number of hydrogen-bond donors (Lipinski definition) is 1. The molecule has 3 aromatic rings. The largest absolute Gasteiger partial charge is 0.503 e. The normalized spacial score (nSPS) is 15.9. The summed E-state index contributed by atoms with van der Waals surface area (Å²) in [5, 5.41) is 11.7. The van der Waals surface area contributed by atoms with Gasteiger partial charge < -0.3 is 14.6 Å². The summed E-state index contributed by atoms with van der Waals surface area (Å²) < 4.78 is 11.2. The molecule has 2 aromatic carbocycles. The van der Waals surface area contributed by atoms with Crippen molar-refractivity contribution in [2.24, 2.45) is 0 Å². The molecule has 1 unspecified atom stereocenters. The van der Waals surface area contributed by atoms with Crippen molar-refractivity contribution in [1.82, 2.24) is 4.98 Å². The van der Waals surface area contributed by atoms with Crippen LogP contribution in [0.2, 0.25) is 0 Å². The van der Waals surface area contributed by atoms with Gasteiger partial charge in [0, 0.05) is 11.8 Å². The van der Waals surface area contributed by atoms with Gasteiger partial charge in [-0.3, -0.25) is 14.5 Å². The second kappa shape index (κ2) is 9.30. The number of ketones is 1. The van der Waals surface area contributed by atoms with Crippen LogP contribution in [0.15, 0.2) is 59.9 Å². The molecule has 1 N–H and O–H groups in total. The first kappa shape index (κ1) is 23.5. The van der Waals surface area contributed by atoms with Gasteiger partial charge in [0.15, 0.2) is 5.76 Å². The van der Waals surface area contributed by atoms with Crippen molar-refractivity contribution >= 4 is 28.7 Å². The predicted molar refractivity (Wildman–Crippen MR) is 131 cm³/mol. The van der Waals surface area contributed by atoms with Crippen molar-refractivity contribution in [2.45, 2.75) is 39.8 Å². The van der Waals surface area contributed by atoms with Crippen LogP contribution < -0.4 is 14.4 Å². The zero-order chi connectivity index (χ0) is 24.6. The van der Waals surface area contributed by atoms with Crippen LogP contribution in [0.25, 0.3) is 0 Å². The number of Topliss-reactive ketones (excluding diaryl/α,β-unsaturated/α-hetero) is 1. The average Bonchev–Trinajstić information content (AvgIpc) is 3.28. The Morgan fingerprint density at radius 3 is 2.47 bits per heavy atom.